The summed E-state index contributed by atoms with van der Waals surface area (Å²) in [6, 6.07) is 11.7. The van der Waals surface area contributed by atoms with Gasteiger partial charge in [0.1, 0.15) is 6.54 Å². The molecule has 0 unspecified atom stereocenters. The molecule has 25 heavy (non-hydrogen) atoms. The first-order chi connectivity index (χ1) is 11.6. The van der Waals surface area contributed by atoms with Crippen molar-refractivity contribution in [2.75, 3.05) is 11.9 Å². The number of hydrogen-bond donors (Lipinski definition) is 2. The smallest absolute Gasteiger partial charge is 0.322 e. The predicted octanol–water partition coefficient (Wildman–Crippen LogP) is 3.09. The Hall–Kier alpha value is -2.39. The van der Waals surface area contributed by atoms with Gasteiger partial charge in [-0.15, -0.1) is 0 Å². The Kier molecular flexibility index (Phi) is 5.48. The predicted molar refractivity (Wildman–Crippen MR) is 86.8 cm³/mol. The van der Waals surface area contributed by atoms with Gasteiger partial charge in [-0.2, -0.15) is 13.2 Å². The molecular weight excluding hydrogens is 357 g/mol. The van der Waals surface area contributed by atoms with Gasteiger partial charge in [0, 0.05) is 11.3 Å². The van der Waals surface area contributed by atoms with Gasteiger partial charge in [-0.05, 0) is 43.3 Å². The third-order valence-corrected chi connectivity index (χ3v) is 4.58. The number of benzene rings is 2. The van der Waals surface area contributed by atoms with Gasteiger partial charge in [0.15, 0.2) is 0 Å². The number of carbonyl (C=O) groups excluding carboxylic acids is 1. The van der Waals surface area contributed by atoms with Crippen molar-refractivity contribution in [2.24, 2.45) is 0 Å². The lowest BCUT2D eigenvalue weighted by Crippen LogP contribution is -2.33. The second-order valence-electron chi connectivity index (χ2n) is 5.29. The molecule has 5 nitrogen and oxygen atoms in total. The molecule has 0 aromatic heterocycles. The first-order valence-electron chi connectivity index (χ1n) is 7.11. The fraction of sp³-hybridized carbons (Fsp3) is 0.188. The van der Waals surface area contributed by atoms with Gasteiger partial charge in [0.25, 0.3) is 5.91 Å². The van der Waals surface area contributed by atoms with Crippen molar-refractivity contribution in [3.8, 4) is 0 Å². The van der Waals surface area contributed by atoms with Crippen molar-refractivity contribution in [1.29, 1.82) is 0 Å². The fourth-order valence-corrected chi connectivity index (χ4v) is 2.98. The van der Waals surface area contributed by atoms with Gasteiger partial charge >= 0.3 is 6.18 Å². The van der Waals surface area contributed by atoms with E-state index in [9.17, 15) is 26.4 Å². The van der Waals surface area contributed by atoms with E-state index in [2.05, 4.69) is 5.32 Å². The molecule has 2 rings (SSSR count). The summed E-state index contributed by atoms with van der Waals surface area (Å²) in [6.45, 7) is 0.186. The average molecular weight is 372 g/mol. The molecule has 2 N–H and O–H groups in total. The highest BCUT2D eigenvalue weighted by Gasteiger charge is 2.30. The number of amides is 1. The zero-order valence-corrected chi connectivity index (χ0v) is 13.9. The number of halogens is 3. The van der Waals surface area contributed by atoms with Crippen LogP contribution in [0.2, 0.25) is 0 Å². The molecular formula is C16H15F3N2O3S. The standard InChI is InChI=1S/C16H15F3N2O3S/c1-11-3-2-4-12(9-11)15(22)21-13-5-7-14(8-6-13)25(23,24)20-10-16(17,18)19/h2-9,20H,10H2,1H3,(H,21,22). The van der Waals surface area contributed by atoms with E-state index in [0.29, 0.717) is 11.3 Å². The SMILES string of the molecule is Cc1cccc(C(=O)Nc2ccc(S(=O)(=O)NCC(F)(F)F)cc2)c1. The minimum atomic E-state index is -4.64. The Morgan fingerprint density at radius 1 is 1.08 bits per heavy atom. The van der Waals surface area contributed by atoms with Crippen LogP contribution < -0.4 is 10.0 Å². The quantitative estimate of drug-likeness (QED) is 0.847. The third-order valence-electron chi connectivity index (χ3n) is 3.17. The Morgan fingerprint density at radius 3 is 2.28 bits per heavy atom. The van der Waals surface area contributed by atoms with Crippen LogP contribution >= 0.6 is 0 Å². The summed E-state index contributed by atoms with van der Waals surface area (Å²) in [7, 11) is -4.28. The highest BCUT2D eigenvalue weighted by atomic mass is 32.2. The van der Waals surface area contributed by atoms with Crippen molar-refractivity contribution in [3.63, 3.8) is 0 Å². The van der Waals surface area contributed by atoms with Gasteiger partial charge in [-0.25, -0.2) is 13.1 Å². The summed E-state index contributed by atoms with van der Waals surface area (Å²) < 4.78 is 61.4. The molecule has 134 valence electrons. The van der Waals surface area contributed by atoms with Gasteiger partial charge in [-0.3, -0.25) is 4.79 Å². The molecule has 0 saturated carbocycles. The zero-order valence-electron chi connectivity index (χ0n) is 13.1. The van der Waals surface area contributed by atoms with E-state index >= 15 is 0 Å². The fourth-order valence-electron chi connectivity index (χ4n) is 1.97. The molecule has 0 radical (unpaired) electrons. The number of carbonyl (C=O) groups is 1. The Morgan fingerprint density at radius 2 is 1.72 bits per heavy atom. The number of hydrogen-bond acceptors (Lipinski definition) is 3. The number of nitrogens with one attached hydrogen (secondary N) is 2. The maximum absolute atomic E-state index is 12.1. The lowest BCUT2D eigenvalue weighted by molar-refractivity contribution is -0.121. The van der Waals surface area contributed by atoms with Gasteiger partial charge in [0.2, 0.25) is 10.0 Å². The molecule has 9 heteroatoms. The summed E-state index contributed by atoms with van der Waals surface area (Å²) in [5, 5.41) is 2.59. The van der Waals surface area contributed by atoms with Crippen LogP contribution in [0.4, 0.5) is 18.9 Å². The molecule has 0 aliphatic carbocycles. The minimum absolute atomic E-state index is 0.321. The van der Waals surface area contributed by atoms with E-state index in [4.69, 9.17) is 0 Å². The van der Waals surface area contributed by atoms with Crippen LogP contribution in [0.5, 0.6) is 0 Å². The van der Waals surface area contributed by atoms with E-state index in [1.807, 2.05) is 13.0 Å². The summed E-state index contributed by atoms with van der Waals surface area (Å²) in [4.78, 5) is 11.8. The lowest BCUT2D eigenvalue weighted by Gasteiger charge is -2.10. The van der Waals surface area contributed by atoms with Crippen molar-refractivity contribution < 1.29 is 26.4 Å². The second-order valence-corrected chi connectivity index (χ2v) is 7.05. The molecule has 0 saturated heterocycles. The number of aryl methyl sites for hydroxylation is 1. The number of anilines is 1. The summed E-state index contributed by atoms with van der Waals surface area (Å²) in [5.41, 5.74) is 1.66. The van der Waals surface area contributed by atoms with E-state index in [1.54, 1.807) is 18.2 Å². The maximum Gasteiger partial charge on any atom is 0.402 e. The van der Waals surface area contributed by atoms with Crippen molar-refractivity contribution in [2.45, 2.75) is 18.0 Å². The molecule has 2 aromatic rings. The first kappa shape index (κ1) is 18.9. The van der Waals surface area contributed by atoms with Gasteiger partial charge < -0.3 is 5.32 Å². The molecule has 2 aromatic carbocycles. The molecule has 0 atom stereocenters. The first-order valence-corrected chi connectivity index (χ1v) is 8.60. The molecule has 0 fully saturated rings. The van der Waals surface area contributed by atoms with Crippen LogP contribution in [-0.4, -0.2) is 27.0 Å². The van der Waals surface area contributed by atoms with Crippen LogP contribution in [-0.2, 0) is 10.0 Å². The topological polar surface area (TPSA) is 75.3 Å². The molecule has 0 spiro atoms. The average Bonchev–Trinajstić information content (AvgIpc) is 2.53. The second kappa shape index (κ2) is 7.24. The van der Waals surface area contributed by atoms with E-state index in [-0.39, 0.29) is 10.8 Å². The van der Waals surface area contributed by atoms with Crippen LogP contribution in [0.15, 0.2) is 53.4 Å². The van der Waals surface area contributed by atoms with E-state index in [1.165, 1.54) is 16.9 Å². The van der Waals surface area contributed by atoms with E-state index < -0.39 is 22.7 Å². The molecule has 0 aliphatic rings. The maximum atomic E-state index is 12.1. The van der Waals surface area contributed by atoms with Crippen LogP contribution in [0.1, 0.15) is 15.9 Å². The minimum Gasteiger partial charge on any atom is -0.322 e. The largest absolute Gasteiger partial charge is 0.402 e. The van der Waals surface area contributed by atoms with Crippen molar-refractivity contribution in [3.05, 3.63) is 59.7 Å². The molecule has 0 aliphatic heterocycles. The summed E-state index contributed by atoms with van der Waals surface area (Å²) in [5.74, 6) is -0.380. The Bertz CT molecular complexity index is 863. The number of rotatable bonds is 5. The summed E-state index contributed by atoms with van der Waals surface area (Å²) in [6.07, 6.45) is -4.64. The summed E-state index contributed by atoms with van der Waals surface area (Å²) >= 11 is 0. The van der Waals surface area contributed by atoms with Crippen LogP contribution in [0, 0.1) is 6.92 Å². The molecule has 1 amide bonds. The monoisotopic (exact) mass is 372 g/mol. The van der Waals surface area contributed by atoms with Gasteiger partial charge in [-0.1, -0.05) is 17.7 Å². The Labute approximate surface area is 142 Å². The zero-order chi connectivity index (χ0) is 18.7. The highest BCUT2D eigenvalue weighted by molar-refractivity contribution is 7.89. The van der Waals surface area contributed by atoms with Crippen LogP contribution in [0.25, 0.3) is 0 Å². The number of sulfonamides is 1. The van der Waals surface area contributed by atoms with Crippen LogP contribution in [0.3, 0.4) is 0 Å². The van der Waals surface area contributed by atoms with Crippen molar-refractivity contribution in [1.82, 2.24) is 4.72 Å². The lowest BCUT2D eigenvalue weighted by atomic mass is 10.1. The molecule has 0 bridgehead atoms. The Balaban J connectivity index is 2.08. The molecule has 0 heterocycles. The normalized spacial score (nSPS) is 12.0. The highest BCUT2D eigenvalue weighted by Crippen LogP contribution is 2.17. The third kappa shape index (κ3) is 5.57. The van der Waals surface area contributed by atoms with Crippen molar-refractivity contribution >= 4 is 21.6 Å². The number of alkyl halides is 3. The van der Waals surface area contributed by atoms with E-state index in [0.717, 1.165) is 17.7 Å². The van der Waals surface area contributed by atoms with Gasteiger partial charge in [0.05, 0.1) is 4.90 Å².